The summed E-state index contributed by atoms with van der Waals surface area (Å²) in [6, 6.07) is 38.5. The van der Waals surface area contributed by atoms with Crippen molar-refractivity contribution in [1.82, 2.24) is 4.98 Å². The molecule has 0 spiro atoms. The number of rotatable bonds is 2. The standard InChI is InChI=1S/C28H19N2.BF4/c1-3-10-20(11-4-1)22-18-26(21-12-5-2-6-13-21)30-27(19-22)24-15-8-7-14-23(24)25-16-9-17-29-28(25)30;2-1(3,4)5/h1-19H;/q+1;-1. The molecule has 0 radical (unpaired) electrons. The molecular formula is C28H19BF4N2. The zero-order chi connectivity index (χ0) is 24.4. The molecule has 3 heterocycles. The molecular weight excluding hydrogens is 451 g/mol. The smallest absolute Gasteiger partial charge is 0.418 e. The van der Waals surface area contributed by atoms with Crippen LogP contribution in [0, 0.1) is 0 Å². The Morgan fingerprint density at radius 1 is 0.543 bits per heavy atom. The maximum Gasteiger partial charge on any atom is 0.673 e. The van der Waals surface area contributed by atoms with Crippen LogP contribution in [0.15, 0.2) is 115 Å². The third kappa shape index (κ3) is 4.71. The predicted octanol–water partition coefficient (Wildman–Crippen LogP) is 7.76. The third-order valence-corrected chi connectivity index (χ3v) is 5.73. The zero-order valence-corrected chi connectivity index (χ0v) is 18.5. The number of fused-ring (bicyclic) bond motifs is 6. The van der Waals surface area contributed by atoms with Crippen molar-refractivity contribution < 1.29 is 21.7 Å². The van der Waals surface area contributed by atoms with Gasteiger partial charge in [-0.2, -0.15) is 4.40 Å². The summed E-state index contributed by atoms with van der Waals surface area (Å²) in [5, 5.41) is 3.62. The minimum atomic E-state index is -6.00. The number of benzene rings is 3. The first-order valence-electron chi connectivity index (χ1n) is 11.0. The molecule has 35 heavy (non-hydrogen) atoms. The third-order valence-electron chi connectivity index (χ3n) is 5.73. The van der Waals surface area contributed by atoms with Crippen LogP contribution in [-0.4, -0.2) is 12.2 Å². The van der Waals surface area contributed by atoms with Gasteiger partial charge in [-0.1, -0.05) is 84.9 Å². The first kappa shape index (κ1) is 22.5. The van der Waals surface area contributed by atoms with Crippen molar-refractivity contribution >= 4 is 34.6 Å². The lowest BCUT2D eigenvalue weighted by atomic mass is 9.99. The second kappa shape index (κ2) is 9.18. The van der Waals surface area contributed by atoms with Crippen LogP contribution in [-0.2, 0) is 0 Å². The maximum absolute atomic E-state index is 9.75. The molecule has 0 amide bonds. The van der Waals surface area contributed by atoms with Crippen molar-refractivity contribution in [2.45, 2.75) is 0 Å². The molecule has 0 atom stereocenters. The lowest BCUT2D eigenvalue weighted by molar-refractivity contribution is -0.470. The van der Waals surface area contributed by atoms with E-state index in [4.69, 9.17) is 4.98 Å². The van der Waals surface area contributed by atoms with Crippen LogP contribution in [0.1, 0.15) is 0 Å². The van der Waals surface area contributed by atoms with Gasteiger partial charge in [0.15, 0.2) is 0 Å². The van der Waals surface area contributed by atoms with Crippen LogP contribution in [0.4, 0.5) is 17.3 Å². The fourth-order valence-electron chi connectivity index (χ4n) is 4.37. The predicted molar refractivity (Wildman–Crippen MR) is 133 cm³/mol. The summed E-state index contributed by atoms with van der Waals surface area (Å²) in [7, 11) is -6.00. The van der Waals surface area contributed by atoms with Crippen LogP contribution in [0.3, 0.4) is 0 Å². The molecule has 6 aromatic rings. The Labute approximate surface area is 199 Å². The van der Waals surface area contributed by atoms with E-state index in [0.29, 0.717) is 0 Å². The van der Waals surface area contributed by atoms with E-state index in [-0.39, 0.29) is 0 Å². The molecule has 0 aliphatic heterocycles. The van der Waals surface area contributed by atoms with Crippen molar-refractivity contribution in [2.24, 2.45) is 0 Å². The average Bonchev–Trinajstić information content (AvgIpc) is 2.88. The molecule has 2 nitrogen and oxygen atoms in total. The fourth-order valence-corrected chi connectivity index (χ4v) is 4.37. The van der Waals surface area contributed by atoms with Crippen LogP contribution in [0.25, 0.3) is 49.7 Å². The molecule has 0 aliphatic carbocycles. The van der Waals surface area contributed by atoms with Gasteiger partial charge in [0.1, 0.15) is 17.4 Å². The van der Waals surface area contributed by atoms with Gasteiger partial charge in [0, 0.05) is 16.3 Å². The second-order valence-electron chi connectivity index (χ2n) is 8.00. The highest BCUT2D eigenvalue weighted by Crippen LogP contribution is 2.31. The van der Waals surface area contributed by atoms with Crippen molar-refractivity contribution in [1.29, 1.82) is 0 Å². The Bertz CT molecular complexity index is 1630. The highest BCUT2D eigenvalue weighted by Gasteiger charge is 2.21. The number of aromatic nitrogens is 2. The minimum Gasteiger partial charge on any atom is -0.418 e. The molecule has 0 bridgehead atoms. The van der Waals surface area contributed by atoms with E-state index >= 15 is 0 Å². The lowest BCUT2D eigenvalue weighted by Gasteiger charge is -2.12. The van der Waals surface area contributed by atoms with Gasteiger partial charge in [-0.25, -0.2) is 0 Å². The SMILES string of the molecule is F[B-](F)(F)F.c1ccc(-c2cc(-c3ccccc3)[n+]3c(c2)c2ccccc2c2cccnc23)cc1. The van der Waals surface area contributed by atoms with Crippen molar-refractivity contribution in [2.75, 3.05) is 0 Å². The molecule has 0 fully saturated rings. The summed E-state index contributed by atoms with van der Waals surface area (Å²) in [4.78, 5) is 4.81. The van der Waals surface area contributed by atoms with E-state index in [1.54, 1.807) is 0 Å². The van der Waals surface area contributed by atoms with E-state index < -0.39 is 7.25 Å². The first-order chi connectivity index (χ1) is 16.9. The number of pyridine rings is 3. The molecule has 0 unspecified atom stereocenters. The van der Waals surface area contributed by atoms with Crippen LogP contribution in [0.5, 0.6) is 0 Å². The molecule has 3 aromatic carbocycles. The number of halogens is 4. The first-order valence-corrected chi connectivity index (χ1v) is 11.0. The van der Waals surface area contributed by atoms with Crippen molar-refractivity contribution in [3.05, 3.63) is 115 Å². The van der Waals surface area contributed by atoms with Crippen LogP contribution >= 0.6 is 0 Å². The normalized spacial score (nSPS) is 11.4. The minimum absolute atomic E-state index is 0.977. The van der Waals surface area contributed by atoms with Crippen LogP contribution in [0.2, 0.25) is 0 Å². The van der Waals surface area contributed by atoms with Gasteiger partial charge in [0.25, 0.3) is 0 Å². The van der Waals surface area contributed by atoms with Gasteiger partial charge in [0.05, 0.1) is 5.39 Å². The Morgan fingerprint density at radius 3 is 1.74 bits per heavy atom. The lowest BCUT2D eigenvalue weighted by Crippen LogP contribution is -2.28. The second-order valence-corrected chi connectivity index (χ2v) is 8.00. The molecule has 3 aromatic heterocycles. The van der Waals surface area contributed by atoms with E-state index in [1.165, 1.54) is 27.5 Å². The highest BCUT2D eigenvalue weighted by molar-refractivity contribution is 6.50. The van der Waals surface area contributed by atoms with Gasteiger partial charge in [-0.3, -0.25) is 0 Å². The molecule has 172 valence electrons. The van der Waals surface area contributed by atoms with Gasteiger partial charge in [-0.05, 0) is 40.4 Å². The Balaban J connectivity index is 0.000000464. The molecule has 0 aliphatic rings. The summed E-state index contributed by atoms with van der Waals surface area (Å²) in [6.45, 7) is 0. The average molecular weight is 470 g/mol. The molecule has 6 rings (SSSR count). The Hall–Kier alpha value is -4.26. The zero-order valence-electron chi connectivity index (χ0n) is 18.5. The van der Waals surface area contributed by atoms with Crippen molar-refractivity contribution in [3.8, 4) is 22.4 Å². The van der Waals surface area contributed by atoms with E-state index in [2.05, 4.69) is 108 Å². The Kier molecular flexibility index (Phi) is 5.91. The quantitative estimate of drug-likeness (QED) is 0.109. The number of nitrogens with zero attached hydrogens (tertiary/aromatic N) is 2. The van der Waals surface area contributed by atoms with Gasteiger partial charge < -0.3 is 17.3 Å². The van der Waals surface area contributed by atoms with Crippen LogP contribution < -0.4 is 4.40 Å². The van der Waals surface area contributed by atoms with E-state index in [1.807, 2.05) is 12.3 Å². The maximum atomic E-state index is 9.75. The number of hydrogen-bond acceptors (Lipinski definition) is 1. The number of hydrogen-bond donors (Lipinski definition) is 0. The summed E-state index contributed by atoms with van der Waals surface area (Å²) < 4.78 is 41.3. The summed E-state index contributed by atoms with van der Waals surface area (Å²) >= 11 is 0. The van der Waals surface area contributed by atoms with Gasteiger partial charge in [-0.15, -0.1) is 0 Å². The summed E-state index contributed by atoms with van der Waals surface area (Å²) in [5.41, 5.74) is 6.87. The summed E-state index contributed by atoms with van der Waals surface area (Å²) in [5.74, 6) is 0. The molecule has 0 saturated carbocycles. The van der Waals surface area contributed by atoms with E-state index in [0.717, 1.165) is 22.2 Å². The molecule has 7 heteroatoms. The summed E-state index contributed by atoms with van der Waals surface area (Å²) in [6.07, 6.45) is 1.88. The van der Waals surface area contributed by atoms with E-state index in [9.17, 15) is 17.3 Å². The Morgan fingerprint density at radius 2 is 1.09 bits per heavy atom. The monoisotopic (exact) mass is 470 g/mol. The largest absolute Gasteiger partial charge is 0.673 e. The molecule has 0 N–H and O–H groups in total. The highest BCUT2D eigenvalue weighted by atomic mass is 19.5. The van der Waals surface area contributed by atoms with Gasteiger partial charge in [0.2, 0.25) is 0 Å². The van der Waals surface area contributed by atoms with Gasteiger partial charge >= 0.3 is 12.9 Å². The molecule has 0 saturated heterocycles. The fraction of sp³-hybridized carbons (Fsp3) is 0. The van der Waals surface area contributed by atoms with Crippen molar-refractivity contribution in [3.63, 3.8) is 0 Å². The topological polar surface area (TPSA) is 17.0 Å².